The van der Waals surface area contributed by atoms with Crippen molar-refractivity contribution in [3.05, 3.63) is 95.9 Å². The van der Waals surface area contributed by atoms with Gasteiger partial charge in [-0.1, -0.05) is 42.5 Å². The summed E-state index contributed by atoms with van der Waals surface area (Å²) in [5, 5.41) is 4.28. The van der Waals surface area contributed by atoms with Gasteiger partial charge in [-0.25, -0.2) is 12.8 Å². The van der Waals surface area contributed by atoms with Crippen molar-refractivity contribution in [3.8, 4) is 22.4 Å². The zero-order valence-corrected chi connectivity index (χ0v) is 18.2. The van der Waals surface area contributed by atoms with Crippen LogP contribution in [0.4, 0.5) is 17.6 Å². The quantitative estimate of drug-likeness (QED) is 0.342. The predicted octanol–water partition coefficient (Wildman–Crippen LogP) is 5.83. The SMILES string of the molecule is CS(=O)(=O)c1ccc(-c2c(-c3ccc(F)cc3)nn(Cc3ccccc3)c2C(F)(F)F)cc1. The molecular formula is C24H18F4N2O2S. The van der Waals surface area contributed by atoms with Crippen LogP contribution >= 0.6 is 0 Å². The maximum absolute atomic E-state index is 14.3. The van der Waals surface area contributed by atoms with Gasteiger partial charge in [-0.15, -0.1) is 0 Å². The third kappa shape index (κ3) is 4.83. The summed E-state index contributed by atoms with van der Waals surface area (Å²) in [6.07, 6.45) is -3.74. The highest BCUT2D eigenvalue weighted by atomic mass is 32.2. The highest BCUT2D eigenvalue weighted by molar-refractivity contribution is 7.90. The van der Waals surface area contributed by atoms with Crippen LogP contribution in [-0.2, 0) is 22.6 Å². The molecule has 0 aliphatic heterocycles. The first kappa shape index (κ1) is 22.7. The average Bonchev–Trinajstić information content (AvgIpc) is 3.14. The fourth-order valence-electron chi connectivity index (χ4n) is 3.57. The molecule has 170 valence electrons. The van der Waals surface area contributed by atoms with Gasteiger partial charge in [0.25, 0.3) is 0 Å². The van der Waals surface area contributed by atoms with Crippen molar-refractivity contribution < 1.29 is 26.0 Å². The summed E-state index contributed by atoms with van der Waals surface area (Å²) in [7, 11) is -3.53. The predicted molar refractivity (Wildman–Crippen MR) is 117 cm³/mol. The maximum Gasteiger partial charge on any atom is 0.433 e. The number of halogens is 4. The van der Waals surface area contributed by atoms with E-state index in [4.69, 9.17) is 0 Å². The first-order valence-corrected chi connectivity index (χ1v) is 11.7. The molecule has 0 radical (unpaired) electrons. The summed E-state index contributed by atoms with van der Waals surface area (Å²) < 4.78 is 81.0. The topological polar surface area (TPSA) is 52.0 Å². The van der Waals surface area contributed by atoms with E-state index >= 15 is 0 Å². The van der Waals surface area contributed by atoms with Gasteiger partial charge in [0.1, 0.15) is 11.5 Å². The van der Waals surface area contributed by atoms with Crippen LogP contribution in [0.1, 0.15) is 11.3 Å². The molecule has 1 heterocycles. The van der Waals surface area contributed by atoms with Gasteiger partial charge in [-0.2, -0.15) is 18.3 Å². The number of alkyl halides is 3. The van der Waals surface area contributed by atoms with Gasteiger partial charge >= 0.3 is 6.18 Å². The van der Waals surface area contributed by atoms with Gasteiger partial charge < -0.3 is 0 Å². The summed E-state index contributed by atoms with van der Waals surface area (Å²) in [5.74, 6) is -0.530. The largest absolute Gasteiger partial charge is 0.433 e. The van der Waals surface area contributed by atoms with Crippen LogP contribution in [0, 0.1) is 5.82 Å². The van der Waals surface area contributed by atoms with E-state index < -0.39 is 27.5 Å². The van der Waals surface area contributed by atoms with Gasteiger partial charge in [0.2, 0.25) is 0 Å². The molecule has 0 bridgehead atoms. The molecule has 0 fully saturated rings. The van der Waals surface area contributed by atoms with E-state index in [0.717, 1.165) is 23.1 Å². The molecule has 4 aromatic rings. The minimum atomic E-state index is -4.76. The van der Waals surface area contributed by atoms with Crippen molar-refractivity contribution in [2.45, 2.75) is 17.6 Å². The highest BCUT2D eigenvalue weighted by Gasteiger charge is 2.40. The molecule has 0 atom stereocenters. The third-order valence-corrected chi connectivity index (χ3v) is 6.21. The van der Waals surface area contributed by atoms with Crippen molar-refractivity contribution in [2.24, 2.45) is 0 Å². The Balaban J connectivity index is 1.98. The molecule has 0 N–H and O–H groups in total. The fraction of sp³-hybridized carbons (Fsp3) is 0.125. The lowest BCUT2D eigenvalue weighted by molar-refractivity contribution is -0.143. The Hall–Kier alpha value is -3.46. The first-order chi connectivity index (χ1) is 15.5. The Morgan fingerprint density at radius 1 is 0.848 bits per heavy atom. The van der Waals surface area contributed by atoms with E-state index in [1.54, 1.807) is 30.3 Å². The Kier molecular flexibility index (Phi) is 5.84. The Morgan fingerprint density at radius 2 is 1.42 bits per heavy atom. The lowest BCUT2D eigenvalue weighted by Crippen LogP contribution is -2.16. The van der Waals surface area contributed by atoms with Crippen molar-refractivity contribution >= 4 is 9.84 Å². The van der Waals surface area contributed by atoms with Crippen LogP contribution in [0.3, 0.4) is 0 Å². The van der Waals surface area contributed by atoms with Crippen molar-refractivity contribution in [3.63, 3.8) is 0 Å². The van der Waals surface area contributed by atoms with Crippen LogP contribution in [0.5, 0.6) is 0 Å². The van der Waals surface area contributed by atoms with E-state index in [1.807, 2.05) is 0 Å². The standard InChI is InChI=1S/C24H18F4N2O2S/c1-33(31,32)20-13-9-17(10-14-20)21-22(18-7-11-19(25)12-8-18)29-30(23(21)24(26,27)28)15-16-5-3-2-4-6-16/h2-14H,15H2,1H3. The van der Waals surface area contributed by atoms with Crippen LogP contribution < -0.4 is 0 Å². The highest BCUT2D eigenvalue weighted by Crippen LogP contribution is 2.43. The Bertz CT molecular complexity index is 1380. The molecule has 9 heteroatoms. The van der Waals surface area contributed by atoms with Gasteiger partial charge in [-0.3, -0.25) is 4.68 Å². The number of aromatic nitrogens is 2. The molecule has 0 unspecified atom stereocenters. The molecule has 0 saturated heterocycles. The van der Waals surface area contributed by atoms with Gasteiger partial charge in [0, 0.05) is 17.4 Å². The van der Waals surface area contributed by atoms with Gasteiger partial charge in [0.15, 0.2) is 15.5 Å². The van der Waals surface area contributed by atoms with Crippen LogP contribution in [-0.4, -0.2) is 24.5 Å². The van der Waals surface area contributed by atoms with Gasteiger partial charge in [0.05, 0.1) is 11.4 Å². The number of rotatable bonds is 5. The number of nitrogens with zero attached hydrogens (tertiary/aromatic N) is 2. The van der Waals surface area contributed by atoms with Crippen molar-refractivity contribution in [2.75, 3.05) is 6.26 Å². The summed E-state index contributed by atoms with van der Waals surface area (Å²) in [5.41, 5.74) is -0.0902. The normalized spacial score (nSPS) is 12.2. The van der Waals surface area contributed by atoms with E-state index in [2.05, 4.69) is 5.10 Å². The molecule has 0 aliphatic carbocycles. The van der Waals surface area contributed by atoms with E-state index in [1.165, 1.54) is 36.4 Å². The molecule has 33 heavy (non-hydrogen) atoms. The summed E-state index contributed by atoms with van der Waals surface area (Å²) in [6.45, 7) is -0.134. The molecule has 0 aliphatic rings. The van der Waals surface area contributed by atoms with Crippen molar-refractivity contribution in [1.29, 1.82) is 0 Å². The number of sulfone groups is 1. The van der Waals surface area contributed by atoms with E-state index in [9.17, 15) is 26.0 Å². The molecule has 4 rings (SSSR count). The lowest BCUT2D eigenvalue weighted by Gasteiger charge is -2.13. The number of hydrogen-bond acceptors (Lipinski definition) is 3. The average molecular weight is 474 g/mol. The maximum atomic E-state index is 14.3. The van der Waals surface area contributed by atoms with Gasteiger partial charge in [-0.05, 0) is 47.5 Å². The van der Waals surface area contributed by atoms with E-state index in [-0.39, 0.29) is 28.3 Å². The smallest absolute Gasteiger partial charge is 0.255 e. The van der Waals surface area contributed by atoms with Crippen LogP contribution in [0.2, 0.25) is 0 Å². The molecule has 3 aromatic carbocycles. The second-order valence-electron chi connectivity index (χ2n) is 7.52. The monoisotopic (exact) mass is 474 g/mol. The number of hydrogen-bond donors (Lipinski definition) is 0. The Morgan fingerprint density at radius 3 is 1.97 bits per heavy atom. The third-order valence-electron chi connectivity index (χ3n) is 5.08. The van der Waals surface area contributed by atoms with E-state index in [0.29, 0.717) is 11.1 Å². The zero-order chi connectivity index (χ0) is 23.8. The molecule has 1 aromatic heterocycles. The second kappa shape index (κ2) is 8.47. The van der Waals surface area contributed by atoms with Crippen LogP contribution in [0.15, 0.2) is 83.8 Å². The first-order valence-electron chi connectivity index (χ1n) is 9.82. The zero-order valence-electron chi connectivity index (χ0n) is 17.3. The lowest BCUT2D eigenvalue weighted by atomic mass is 9.98. The van der Waals surface area contributed by atoms with Crippen molar-refractivity contribution in [1.82, 2.24) is 9.78 Å². The molecule has 0 spiro atoms. The minimum absolute atomic E-state index is 0.0141. The second-order valence-corrected chi connectivity index (χ2v) is 9.53. The number of benzene rings is 3. The minimum Gasteiger partial charge on any atom is -0.255 e. The molecule has 0 saturated carbocycles. The fourth-order valence-corrected chi connectivity index (χ4v) is 4.20. The molecular weight excluding hydrogens is 456 g/mol. The molecule has 4 nitrogen and oxygen atoms in total. The summed E-state index contributed by atoms with van der Waals surface area (Å²) in [6, 6.07) is 18.8. The summed E-state index contributed by atoms with van der Waals surface area (Å²) in [4.78, 5) is -0.0141. The van der Waals surface area contributed by atoms with Crippen LogP contribution in [0.25, 0.3) is 22.4 Å². The Labute approximate surface area is 188 Å². The summed E-state index contributed by atoms with van der Waals surface area (Å²) >= 11 is 0. The molecule has 0 amide bonds.